The van der Waals surface area contributed by atoms with Gasteiger partial charge in [-0.15, -0.1) is 0 Å². The van der Waals surface area contributed by atoms with Crippen molar-refractivity contribution in [2.75, 3.05) is 6.54 Å². The minimum atomic E-state index is 0.609. The molecule has 1 atom stereocenters. The Bertz CT molecular complexity index is 354. The van der Waals surface area contributed by atoms with Gasteiger partial charge in [-0.1, -0.05) is 36.4 Å². The van der Waals surface area contributed by atoms with Crippen LogP contribution in [0.3, 0.4) is 0 Å². The molecule has 2 rings (SSSR count). The van der Waals surface area contributed by atoms with Crippen LogP contribution in [0, 0.1) is 6.92 Å². The molecule has 1 heteroatoms. The molecule has 1 aliphatic carbocycles. The van der Waals surface area contributed by atoms with Gasteiger partial charge < -0.3 is 5.32 Å². The lowest BCUT2D eigenvalue weighted by Crippen LogP contribution is -2.30. The van der Waals surface area contributed by atoms with Crippen molar-refractivity contribution in [1.82, 2.24) is 5.32 Å². The van der Waals surface area contributed by atoms with E-state index in [-0.39, 0.29) is 0 Å². The Morgan fingerprint density at radius 1 is 1.31 bits per heavy atom. The summed E-state index contributed by atoms with van der Waals surface area (Å²) in [6, 6.07) is 9.26. The van der Waals surface area contributed by atoms with E-state index < -0.39 is 0 Å². The van der Waals surface area contributed by atoms with Crippen molar-refractivity contribution >= 4 is 0 Å². The minimum Gasteiger partial charge on any atom is -0.310 e. The summed E-state index contributed by atoms with van der Waals surface area (Å²) in [4.78, 5) is 0. The molecule has 1 N–H and O–H groups in total. The molecule has 1 aromatic carbocycles. The SMILES string of the molecule is Cc1ccccc1CCNC1C=CCCC1. The third-order valence-corrected chi connectivity index (χ3v) is 3.32. The van der Waals surface area contributed by atoms with E-state index >= 15 is 0 Å². The molecule has 1 aromatic rings. The molecule has 0 bridgehead atoms. The fourth-order valence-electron chi connectivity index (χ4n) is 2.27. The highest BCUT2D eigenvalue weighted by molar-refractivity contribution is 5.25. The molecule has 0 fully saturated rings. The first-order chi connectivity index (χ1) is 7.86. The summed E-state index contributed by atoms with van der Waals surface area (Å²) in [5.74, 6) is 0. The largest absolute Gasteiger partial charge is 0.310 e. The quantitative estimate of drug-likeness (QED) is 0.760. The van der Waals surface area contributed by atoms with Gasteiger partial charge in [0.25, 0.3) is 0 Å². The number of benzene rings is 1. The van der Waals surface area contributed by atoms with Crippen molar-refractivity contribution in [3.63, 3.8) is 0 Å². The average molecular weight is 215 g/mol. The first-order valence-electron chi connectivity index (χ1n) is 6.31. The molecule has 0 amide bonds. The predicted molar refractivity (Wildman–Crippen MR) is 69.7 cm³/mol. The lowest BCUT2D eigenvalue weighted by atomic mass is 10.0. The lowest BCUT2D eigenvalue weighted by molar-refractivity contribution is 0.525. The fourth-order valence-corrected chi connectivity index (χ4v) is 2.27. The van der Waals surface area contributed by atoms with Crippen molar-refractivity contribution < 1.29 is 0 Å². The van der Waals surface area contributed by atoms with Crippen LogP contribution >= 0.6 is 0 Å². The molecule has 1 nitrogen and oxygen atoms in total. The van der Waals surface area contributed by atoms with Gasteiger partial charge in [-0.2, -0.15) is 0 Å². The van der Waals surface area contributed by atoms with Crippen molar-refractivity contribution in [2.45, 2.75) is 38.6 Å². The van der Waals surface area contributed by atoms with Crippen LogP contribution in [-0.4, -0.2) is 12.6 Å². The Morgan fingerprint density at radius 3 is 2.94 bits per heavy atom. The average Bonchev–Trinajstić information content (AvgIpc) is 2.33. The number of aryl methyl sites for hydroxylation is 1. The third kappa shape index (κ3) is 3.21. The van der Waals surface area contributed by atoms with E-state index in [0.29, 0.717) is 6.04 Å². The van der Waals surface area contributed by atoms with E-state index in [2.05, 4.69) is 48.7 Å². The second-order valence-corrected chi connectivity index (χ2v) is 4.60. The molecule has 86 valence electrons. The summed E-state index contributed by atoms with van der Waals surface area (Å²) in [5.41, 5.74) is 2.87. The van der Waals surface area contributed by atoms with Gasteiger partial charge >= 0.3 is 0 Å². The van der Waals surface area contributed by atoms with E-state index in [1.165, 1.54) is 30.4 Å². The zero-order valence-electron chi connectivity index (χ0n) is 10.1. The fraction of sp³-hybridized carbons (Fsp3) is 0.467. The molecular formula is C15H21N. The van der Waals surface area contributed by atoms with Crippen molar-refractivity contribution in [3.8, 4) is 0 Å². The topological polar surface area (TPSA) is 12.0 Å². The normalized spacial score (nSPS) is 19.9. The molecule has 16 heavy (non-hydrogen) atoms. The minimum absolute atomic E-state index is 0.609. The van der Waals surface area contributed by atoms with Crippen molar-refractivity contribution in [2.24, 2.45) is 0 Å². The molecule has 0 radical (unpaired) electrons. The van der Waals surface area contributed by atoms with E-state index in [9.17, 15) is 0 Å². The molecule has 1 aliphatic rings. The smallest absolute Gasteiger partial charge is 0.0250 e. The number of nitrogens with one attached hydrogen (secondary N) is 1. The number of hydrogen-bond acceptors (Lipinski definition) is 1. The Morgan fingerprint density at radius 2 is 2.19 bits per heavy atom. The van der Waals surface area contributed by atoms with Crippen LogP contribution in [0.5, 0.6) is 0 Å². The molecule has 0 heterocycles. The monoisotopic (exact) mass is 215 g/mol. The Balaban J connectivity index is 1.77. The highest BCUT2D eigenvalue weighted by Crippen LogP contribution is 2.11. The summed E-state index contributed by atoms with van der Waals surface area (Å²) < 4.78 is 0. The standard InChI is InChI=1S/C15H21N/c1-13-7-5-6-8-14(13)11-12-16-15-9-3-2-4-10-15/h3,5-9,15-16H,2,4,10-12H2,1H3. The number of rotatable bonds is 4. The number of hydrogen-bond donors (Lipinski definition) is 1. The van der Waals surface area contributed by atoms with Crippen LogP contribution in [-0.2, 0) is 6.42 Å². The van der Waals surface area contributed by atoms with E-state index in [1.807, 2.05) is 0 Å². The zero-order chi connectivity index (χ0) is 11.2. The van der Waals surface area contributed by atoms with E-state index in [0.717, 1.165) is 13.0 Å². The molecular weight excluding hydrogens is 194 g/mol. The Labute approximate surface area is 98.6 Å². The molecule has 1 unspecified atom stereocenters. The van der Waals surface area contributed by atoms with Crippen LogP contribution < -0.4 is 5.32 Å². The van der Waals surface area contributed by atoms with Gasteiger partial charge in [0.2, 0.25) is 0 Å². The summed E-state index contributed by atoms with van der Waals surface area (Å²) in [7, 11) is 0. The summed E-state index contributed by atoms with van der Waals surface area (Å²) in [6.45, 7) is 3.27. The molecule has 0 saturated carbocycles. The molecule has 0 aliphatic heterocycles. The molecule has 0 saturated heterocycles. The second kappa shape index (κ2) is 5.86. The van der Waals surface area contributed by atoms with Gasteiger partial charge in [-0.3, -0.25) is 0 Å². The molecule has 0 aromatic heterocycles. The first-order valence-corrected chi connectivity index (χ1v) is 6.31. The first kappa shape index (κ1) is 11.4. The van der Waals surface area contributed by atoms with Gasteiger partial charge in [0, 0.05) is 6.04 Å². The van der Waals surface area contributed by atoms with Gasteiger partial charge in [-0.25, -0.2) is 0 Å². The maximum Gasteiger partial charge on any atom is 0.0250 e. The van der Waals surface area contributed by atoms with Crippen LogP contribution in [0.25, 0.3) is 0 Å². The van der Waals surface area contributed by atoms with Crippen molar-refractivity contribution in [3.05, 3.63) is 47.5 Å². The van der Waals surface area contributed by atoms with E-state index in [4.69, 9.17) is 0 Å². The van der Waals surface area contributed by atoms with Gasteiger partial charge in [-0.05, 0) is 50.3 Å². The van der Waals surface area contributed by atoms with Gasteiger partial charge in [0.15, 0.2) is 0 Å². The summed E-state index contributed by atoms with van der Waals surface area (Å²) >= 11 is 0. The van der Waals surface area contributed by atoms with Crippen LogP contribution in [0.2, 0.25) is 0 Å². The highest BCUT2D eigenvalue weighted by atomic mass is 14.9. The maximum absolute atomic E-state index is 3.61. The number of allylic oxidation sites excluding steroid dienone is 1. The van der Waals surface area contributed by atoms with Gasteiger partial charge in [0.05, 0.1) is 0 Å². The lowest BCUT2D eigenvalue weighted by Gasteiger charge is -2.18. The Kier molecular flexibility index (Phi) is 4.17. The van der Waals surface area contributed by atoms with Gasteiger partial charge in [0.1, 0.15) is 0 Å². The maximum atomic E-state index is 3.61. The van der Waals surface area contributed by atoms with Crippen LogP contribution in [0.1, 0.15) is 30.4 Å². The zero-order valence-corrected chi connectivity index (χ0v) is 10.1. The second-order valence-electron chi connectivity index (χ2n) is 4.60. The van der Waals surface area contributed by atoms with Crippen LogP contribution in [0.4, 0.5) is 0 Å². The Hall–Kier alpha value is -1.08. The van der Waals surface area contributed by atoms with E-state index in [1.54, 1.807) is 0 Å². The highest BCUT2D eigenvalue weighted by Gasteiger charge is 2.06. The predicted octanol–water partition coefficient (Wildman–Crippen LogP) is 3.24. The van der Waals surface area contributed by atoms with Crippen molar-refractivity contribution in [1.29, 1.82) is 0 Å². The molecule has 0 spiro atoms. The summed E-state index contributed by atoms with van der Waals surface area (Å²) in [6.07, 6.45) is 9.64. The summed E-state index contributed by atoms with van der Waals surface area (Å²) in [5, 5.41) is 3.61. The third-order valence-electron chi connectivity index (χ3n) is 3.32. The van der Waals surface area contributed by atoms with Crippen LogP contribution in [0.15, 0.2) is 36.4 Å².